The van der Waals surface area contributed by atoms with E-state index < -0.39 is 0 Å². The molecule has 1 aromatic carbocycles. The van der Waals surface area contributed by atoms with Crippen molar-refractivity contribution in [2.24, 2.45) is 0 Å². The molecule has 0 saturated heterocycles. The van der Waals surface area contributed by atoms with Crippen LogP contribution in [0, 0.1) is 0 Å². The molecule has 0 heterocycles. The topological polar surface area (TPSA) is 12.0 Å². The minimum atomic E-state index is 0.465. The molecule has 0 aliphatic heterocycles. The van der Waals surface area contributed by atoms with Crippen LogP contribution in [0.1, 0.15) is 12.5 Å². The van der Waals surface area contributed by atoms with Gasteiger partial charge in [0.25, 0.3) is 0 Å². The van der Waals surface area contributed by atoms with Crippen LogP contribution in [0.15, 0.2) is 18.2 Å². The van der Waals surface area contributed by atoms with Gasteiger partial charge in [-0.25, -0.2) is 0 Å². The molecular weight excluding hydrogens is 249 g/mol. The monoisotopic (exact) mass is 263 g/mol. The van der Waals surface area contributed by atoms with Gasteiger partial charge in [0.1, 0.15) is 0 Å². The molecule has 1 unspecified atom stereocenters. The van der Waals surface area contributed by atoms with Crippen molar-refractivity contribution in [2.75, 3.05) is 12.0 Å². The van der Waals surface area contributed by atoms with E-state index in [1.54, 1.807) is 0 Å². The third-order valence-corrected chi connectivity index (χ3v) is 3.65. The van der Waals surface area contributed by atoms with Crippen molar-refractivity contribution in [3.63, 3.8) is 0 Å². The van der Waals surface area contributed by atoms with E-state index in [1.165, 1.54) is 0 Å². The van der Waals surface area contributed by atoms with Crippen molar-refractivity contribution < 1.29 is 0 Å². The van der Waals surface area contributed by atoms with Crippen molar-refractivity contribution in [2.45, 2.75) is 19.5 Å². The third-order valence-electron chi connectivity index (χ3n) is 2.11. The quantitative estimate of drug-likeness (QED) is 0.867. The average molecular weight is 264 g/mol. The van der Waals surface area contributed by atoms with Gasteiger partial charge in [-0.05, 0) is 25.3 Å². The molecule has 1 nitrogen and oxygen atoms in total. The first-order valence-corrected chi connectivity index (χ1v) is 6.95. The second-order valence-corrected chi connectivity index (χ2v) is 5.16. The predicted octanol–water partition coefficient (Wildman–Crippen LogP) is 3.83. The molecular formula is C11H15Cl2NS. The van der Waals surface area contributed by atoms with Gasteiger partial charge in [-0.15, -0.1) is 0 Å². The maximum atomic E-state index is 6.06. The maximum absolute atomic E-state index is 6.06. The van der Waals surface area contributed by atoms with Gasteiger partial charge >= 0.3 is 0 Å². The molecule has 0 aromatic heterocycles. The second kappa shape index (κ2) is 6.64. The number of thioether (sulfide) groups is 1. The normalized spacial score (nSPS) is 12.8. The zero-order valence-corrected chi connectivity index (χ0v) is 11.2. The number of rotatable bonds is 5. The molecule has 1 aromatic rings. The minimum absolute atomic E-state index is 0.465. The fourth-order valence-corrected chi connectivity index (χ4v) is 2.44. The van der Waals surface area contributed by atoms with Gasteiger partial charge in [0.2, 0.25) is 0 Å². The molecule has 1 atom stereocenters. The van der Waals surface area contributed by atoms with E-state index in [2.05, 4.69) is 18.5 Å². The largest absolute Gasteiger partial charge is 0.309 e. The highest BCUT2D eigenvalue weighted by Gasteiger charge is 2.06. The average Bonchev–Trinajstić information content (AvgIpc) is 2.17. The van der Waals surface area contributed by atoms with E-state index in [0.29, 0.717) is 6.04 Å². The Morgan fingerprint density at radius 3 is 2.47 bits per heavy atom. The van der Waals surface area contributed by atoms with E-state index in [0.717, 1.165) is 27.9 Å². The number of benzene rings is 1. The highest BCUT2D eigenvalue weighted by Crippen LogP contribution is 2.23. The van der Waals surface area contributed by atoms with Gasteiger partial charge in [0.15, 0.2) is 0 Å². The molecule has 0 fully saturated rings. The smallest absolute Gasteiger partial charge is 0.0465 e. The highest BCUT2D eigenvalue weighted by atomic mass is 35.5. The van der Waals surface area contributed by atoms with E-state index in [4.69, 9.17) is 23.2 Å². The van der Waals surface area contributed by atoms with Crippen LogP contribution in [0.5, 0.6) is 0 Å². The highest BCUT2D eigenvalue weighted by molar-refractivity contribution is 7.98. The molecule has 0 bridgehead atoms. The lowest BCUT2D eigenvalue weighted by molar-refractivity contribution is 0.596. The van der Waals surface area contributed by atoms with Crippen LogP contribution in [0.3, 0.4) is 0 Å². The van der Waals surface area contributed by atoms with Crippen molar-refractivity contribution >= 4 is 35.0 Å². The van der Waals surface area contributed by atoms with Gasteiger partial charge in [-0.1, -0.05) is 29.3 Å². The van der Waals surface area contributed by atoms with Gasteiger partial charge in [-0.2, -0.15) is 11.8 Å². The first-order chi connectivity index (χ1) is 7.15. The Bertz CT molecular complexity index is 297. The summed E-state index contributed by atoms with van der Waals surface area (Å²) in [7, 11) is 0. The fraction of sp³-hybridized carbons (Fsp3) is 0.455. The molecule has 0 saturated carbocycles. The van der Waals surface area contributed by atoms with E-state index in [9.17, 15) is 0 Å². The summed E-state index contributed by atoms with van der Waals surface area (Å²) in [5.41, 5.74) is 0.980. The zero-order chi connectivity index (χ0) is 11.3. The minimum Gasteiger partial charge on any atom is -0.309 e. The molecule has 1 N–H and O–H groups in total. The molecule has 1 rings (SSSR count). The van der Waals surface area contributed by atoms with Crippen molar-refractivity contribution in [1.82, 2.24) is 5.32 Å². The van der Waals surface area contributed by atoms with E-state index >= 15 is 0 Å². The summed E-state index contributed by atoms with van der Waals surface area (Å²) in [4.78, 5) is 0. The van der Waals surface area contributed by atoms with Crippen LogP contribution in [-0.4, -0.2) is 18.1 Å². The van der Waals surface area contributed by atoms with Crippen LogP contribution in [-0.2, 0) is 6.54 Å². The first kappa shape index (κ1) is 13.2. The van der Waals surface area contributed by atoms with Crippen LogP contribution >= 0.6 is 35.0 Å². The van der Waals surface area contributed by atoms with Crippen LogP contribution in [0.2, 0.25) is 10.0 Å². The third kappa shape index (κ3) is 4.23. The Hall–Kier alpha value is 0.110. The van der Waals surface area contributed by atoms with E-state index in [-0.39, 0.29) is 0 Å². The lowest BCUT2D eigenvalue weighted by Gasteiger charge is -2.14. The standard InChI is InChI=1S/C11H15Cl2NS/c1-8(7-15-2)14-6-9-10(12)4-3-5-11(9)13/h3-5,8,14H,6-7H2,1-2H3. The molecule has 15 heavy (non-hydrogen) atoms. The number of halogens is 2. The Labute approximate surface area is 106 Å². The Balaban J connectivity index is 2.57. The fourth-order valence-electron chi connectivity index (χ4n) is 1.29. The predicted molar refractivity (Wildman–Crippen MR) is 71.1 cm³/mol. The van der Waals surface area contributed by atoms with E-state index in [1.807, 2.05) is 30.0 Å². The summed E-state index contributed by atoms with van der Waals surface area (Å²) in [6.45, 7) is 2.88. The van der Waals surface area contributed by atoms with Crippen molar-refractivity contribution in [3.05, 3.63) is 33.8 Å². The first-order valence-electron chi connectivity index (χ1n) is 4.80. The Morgan fingerprint density at radius 1 is 1.33 bits per heavy atom. The van der Waals surface area contributed by atoms with Crippen molar-refractivity contribution in [3.8, 4) is 0 Å². The number of hydrogen-bond acceptors (Lipinski definition) is 2. The Morgan fingerprint density at radius 2 is 1.93 bits per heavy atom. The van der Waals surface area contributed by atoms with Crippen LogP contribution < -0.4 is 5.32 Å². The molecule has 0 radical (unpaired) electrons. The van der Waals surface area contributed by atoms with Gasteiger partial charge < -0.3 is 5.32 Å². The molecule has 84 valence electrons. The summed E-state index contributed by atoms with van der Waals surface area (Å²) >= 11 is 13.9. The molecule has 0 spiro atoms. The number of hydrogen-bond donors (Lipinski definition) is 1. The maximum Gasteiger partial charge on any atom is 0.0465 e. The van der Waals surface area contributed by atoms with Gasteiger partial charge in [0, 0.05) is 33.9 Å². The summed E-state index contributed by atoms with van der Waals surface area (Å²) in [5, 5.41) is 4.85. The Kier molecular flexibility index (Phi) is 5.83. The van der Waals surface area contributed by atoms with Gasteiger partial charge in [0.05, 0.1) is 0 Å². The van der Waals surface area contributed by atoms with Gasteiger partial charge in [-0.3, -0.25) is 0 Å². The second-order valence-electron chi connectivity index (χ2n) is 3.44. The lowest BCUT2D eigenvalue weighted by atomic mass is 10.2. The molecule has 0 aliphatic rings. The summed E-state index contributed by atoms with van der Waals surface area (Å²) in [6, 6.07) is 6.06. The summed E-state index contributed by atoms with van der Waals surface area (Å²) in [6.07, 6.45) is 2.10. The summed E-state index contributed by atoms with van der Waals surface area (Å²) in [5.74, 6) is 1.09. The van der Waals surface area contributed by atoms with Crippen LogP contribution in [0.4, 0.5) is 0 Å². The summed E-state index contributed by atoms with van der Waals surface area (Å²) < 4.78 is 0. The zero-order valence-electron chi connectivity index (χ0n) is 8.89. The van der Waals surface area contributed by atoms with Crippen LogP contribution in [0.25, 0.3) is 0 Å². The molecule has 0 aliphatic carbocycles. The number of nitrogens with one attached hydrogen (secondary N) is 1. The molecule has 4 heteroatoms. The lowest BCUT2D eigenvalue weighted by Crippen LogP contribution is -2.27. The SMILES string of the molecule is CSCC(C)NCc1c(Cl)cccc1Cl. The molecule has 0 amide bonds. The van der Waals surface area contributed by atoms with Crippen molar-refractivity contribution in [1.29, 1.82) is 0 Å².